The van der Waals surface area contributed by atoms with Crippen molar-refractivity contribution >= 4 is 17.7 Å². The van der Waals surface area contributed by atoms with E-state index < -0.39 is 5.97 Å². The Morgan fingerprint density at radius 1 is 0.829 bits per heavy atom. The van der Waals surface area contributed by atoms with Crippen LogP contribution in [0, 0.1) is 17.8 Å². The lowest BCUT2D eigenvalue weighted by atomic mass is 9.70. The summed E-state index contributed by atoms with van der Waals surface area (Å²) < 4.78 is 0. The molecule has 4 rings (SSSR count). The van der Waals surface area contributed by atoms with E-state index in [1.807, 2.05) is 0 Å². The van der Waals surface area contributed by atoms with E-state index in [0.29, 0.717) is 18.4 Å². The number of hydrogen-bond donors (Lipinski definition) is 1. The summed E-state index contributed by atoms with van der Waals surface area (Å²) in [5.41, 5.74) is 1.37. The van der Waals surface area contributed by atoms with Crippen LogP contribution in [-0.4, -0.2) is 41.4 Å². The van der Waals surface area contributed by atoms with Gasteiger partial charge in [-0.15, -0.1) is 11.8 Å². The van der Waals surface area contributed by atoms with Gasteiger partial charge in [0.25, 0.3) is 0 Å². The molecule has 3 aliphatic rings. The summed E-state index contributed by atoms with van der Waals surface area (Å²) in [5, 5.41) is 9.77. The second-order valence-electron chi connectivity index (χ2n) is 11.8. The molecule has 0 bridgehead atoms. The van der Waals surface area contributed by atoms with Crippen molar-refractivity contribution in [3.05, 3.63) is 29.8 Å². The van der Waals surface area contributed by atoms with Gasteiger partial charge in [-0.25, -0.2) is 0 Å². The lowest BCUT2D eigenvalue weighted by Gasteiger charge is -2.45. The van der Waals surface area contributed by atoms with Crippen LogP contribution in [0.1, 0.15) is 114 Å². The minimum absolute atomic E-state index is 0.248. The number of carboxylic acids is 1. The van der Waals surface area contributed by atoms with Crippen LogP contribution in [0.4, 0.5) is 0 Å². The van der Waals surface area contributed by atoms with Crippen molar-refractivity contribution in [3.63, 3.8) is 0 Å². The van der Waals surface area contributed by atoms with Crippen molar-refractivity contribution in [2.75, 3.05) is 19.3 Å². The zero-order valence-electron chi connectivity index (χ0n) is 22.1. The number of thioether (sulfide) groups is 1. The summed E-state index contributed by atoms with van der Waals surface area (Å²) in [6.45, 7) is 2.42. The maximum Gasteiger partial charge on any atom is 0.303 e. The summed E-state index contributed by atoms with van der Waals surface area (Å²) in [7, 11) is 0. The third-order valence-corrected chi connectivity index (χ3v) is 10.2. The van der Waals surface area contributed by atoms with Crippen LogP contribution < -0.4 is 0 Å². The molecule has 196 valence electrons. The first-order chi connectivity index (χ1) is 17.1. The fraction of sp³-hybridized carbons (Fsp3) is 0.774. The van der Waals surface area contributed by atoms with E-state index in [0.717, 1.165) is 18.3 Å². The van der Waals surface area contributed by atoms with Crippen LogP contribution in [0.15, 0.2) is 29.2 Å². The fourth-order valence-corrected chi connectivity index (χ4v) is 7.95. The highest BCUT2D eigenvalue weighted by molar-refractivity contribution is 7.98. The molecule has 1 aromatic rings. The molecule has 4 heteroatoms. The Balaban J connectivity index is 1.54. The van der Waals surface area contributed by atoms with Crippen LogP contribution in [0.2, 0.25) is 0 Å². The lowest BCUT2D eigenvalue weighted by molar-refractivity contribution is -0.138. The normalized spacial score (nSPS) is 26.7. The average molecular weight is 500 g/mol. The Hall–Kier alpha value is -1.00. The first-order valence-corrected chi connectivity index (χ1v) is 16.0. The number of aliphatic carboxylic acids is 1. The molecule has 0 saturated heterocycles. The van der Waals surface area contributed by atoms with Crippen molar-refractivity contribution in [1.82, 2.24) is 4.90 Å². The number of rotatable bonds is 11. The van der Waals surface area contributed by atoms with E-state index in [4.69, 9.17) is 0 Å². The molecule has 0 radical (unpaired) electrons. The Bertz CT molecular complexity index is 732. The van der Waals surface area contributed by atoms with Gasteiger partial charge in [-0.2, -0.15) is 0 Å². The molecule has 0 heterocycles. The van der Waals surface area contributed by atoms with Gasteiger partial charge >= 0.3 is 5.97 Å². The molecule has 3 aliphatic carbocycles. The second-order valence-corrected chi connectivity index (χ2v) is 12.7. The summed E-state index contributed by atoms with van der Waals surface area (Å²) in [4.78, 5) is 16.0. The van der Waals surface area contributed by atoms with Crippen molar-refractivity contribution < 1.29 is 9.90 Å². The van der Waals surface area contributed by atoms with E-state index in [1.54, 1.807) is 11.8 Å². The zero-order chi connectivity index (χ0) is 24.5. The molecule has 0 aliphatic heterocycles. The summed E-state index contributed by atoms with van der Waals surface area (Å²) in [5.74, 6) is 1.77. The van der Waals surface area contributed by atoms with E-state index >= 15 is 0 Å². The van der Waals surface area contributed by atoms with Gasteiger partial charge in [-0.3, -0.25) is 9.69 Å². The molecule has 3 atom stereocenters. The quantitative estimate of drug-likeness (QED) is 0.310. The Morgan fingerprint density at radius 2 is 1.40 bits per heavy atom. The zero-order valence-corrected chi connectivity index (χ0v) is 23.0. The Labute approximate surface area is 218 Å². The molecule has 3 nitrogen and oxygen atoms in total. The number of carbonyl (C=O) groups is 1. The first kappa shape index (κ1) is 27.0. The Kier molecular flexibility index (Phi) is 10.9. The third kappa shape index (κ3) is 7.99. The smallest absolute Gasteiger partial charge is 0.303 e. The molecule has 0 aromatic heterocycles. The van der Waals surface area contributed by atoms with Gasteiger partial charge in [0, 0.05) is 23.3 Å². The van der Waals surface area contributed by atoms with Crippen LogP contribution in [0.25, 0.3) is 0 Å². The maximum atomic E-state index is 11.9. The predicted octanol–water partition coefficient (Wildman–Crippen LogP) is 8.38. The fourth-order valence-electron chi connectivity index (χ4n) is 7.54. The standard InChI is InChI=1S/C31H49NO2S/c1-35-28-17-15-26(16-18-28)31-27(23-30(33)34)13-8-14-29(31)32(21-19-24-9-4-2-5-10-24)22-20-25-11-6-3-7-12-25/h15-18,24-25,27,29,31H,2-14,19-23H2,1H3,(H,33,34). The third-order valence-electron chi connectivity index (χ3n) is 9.50. The molecule has 3 fully saturated rings. The topological polar surface area (TPSA) is 40.5 Å². The van der Waals surface area contributed by atoms with Gasteiger partial charge in [0.05, 0.1) is 0 Å². The molecule has 3 unspecified atom stereocenters. The molecule has 1 N–H and O–H groups in total. The van der Waals surface area contributed by atoms with Crippen LogP contribution in [0.5, 0.6) is 0 Å². The SMILES string of the molecule is CSc1ccc(C2C(CC(=O)O)CCCC2N(CCC2CCCCC2)CCC2CCCCC2)cc1. The molecule has 35 heavy (non-hydrogen) atoms. The summed E-state index contributed by atoms with van der Waals surface area (Å²) >= 11 is 1.79. The lowest BCUT2D eigenvalue weighted by Crippen LogP contribution is -2.46. The van der Waals surface area contributed by atoms with Gasteiger partial charge in [-0.05, 0) is 80.5 Å². The Morgan fingerprint density at radius 3 is 1.91 bits per heavy atom. The van der Waals surface area contributed by atoms with E-state index in [2.05, 4.69) is 35.4 Å². The molecular weight excluding hydrogens is 450 g/mol. The summed E-state index contributed by atoms with van der Waals surface area (Å²) in [6.07, 6.45) is 22.8. The van der Waals surface area contributed by atoms with Crippen molar-refractivity contribution in [3.8, 4) is 0 Å². The average Bonchev–Trinajstić information content (AvgIpc) is 2.90. The minimum atomic E-state index is -0.627. The van der Waals surface area contributed by atoms with Crippen molar-refractivity contribution in [1.29, 1.82) is 0 Å². The maximum absolute atomic E-state index is 11.9. The van der Waals surface area contributed by atoms with E-state index in [9.17, 15) is 9.90 Å². The van der Waals surface area contributed by atoms with Crippen LogP contribution in [0.3, 0.4) is 0 Å². The van der Waals surface area contributed by atoms with Crippen molar-refractivity contribution in [2.45, 2.75) is 120 Å². The van der Waals surface area contributed by atoms with Crippen LogP contribution in [-0.2, 0) is 4.79 Å². The molecular formula is C31H49NO2S. The second kappa shape index (κ2) is 14.1. The molecule has 0 amide bonds. The highest BCUT2D eigenvalue weighted by Crippen LogP contribution is 2.43. The van der Waals surface area contributed by atoms with Crippen LogP contribution >= 0.6 is 11.8 Å². The van der Waals surface area contributed by atoms with Crippen molar-refractivity contribution in [2.24, 2.45) is 17.8 Å². The van der Waals surface area contributed by atoms with Gasteiger partial charge in [0.2, 0.25) is 0 Å². The number of benzene rings is 1. The predicted molar refractivity (Wildman–Crippen MR) is 148 cm³/mol. The largest absolute Gasteiger partial charge is 0.481 e. The van der Waals surface area contributed by atoms with E-state index in [1.165, 1.54) is 113 Å². The highest BCUT2D eigenvalue weighted by Gasteiger charge is 2.38. The monoisotopic (exact) mass is 499 g/mol. The number of carboxylic acid groups (broad SMARTS) is 1. The number of hydrogen-bond acceptors (Lipinski definition) is 3. The van der Waals surface area contributed by atoms with Gasteiger partial charge < -0.3 is 5.11 Å². The number of nitrogens with zero attached hydrogens (tertiary/aromatic N) is 1. The van der Waals surface area contributed by atoms with Gasteiger partial charge in [0.1, 0.15) is 0 Å². The highest BCUT2D eigenvalue weighted by atomic mass is 32.2. The van der Waals surface area contributed by atoms with Gasteiger partial charge in [0.15, 0.2) is 0 Å². The summed E-state index contributed by atoms with van der Waals surface area (Å²) in [6, 6.07) is 9.60. The molecule has 0 spiro atoms. The minimum Gasteiger partial charge on any atom is -0.481 e. The van der Waals surface area contributed by atoms with Gasteiger partial charge in [-0.1, -0.05) is 82.8 Å². The first-order valence-electron chi connectivity index (χ1n) is 14.7. The van der Waals surface area contributed by atoms with E-state index in [-0.39, 0.29) is 5.92 Å². The molecule has 1 aromatic carbocycles. The molecule has 3 saturated carbocycles.